The second kappa shape index (κ2) is 5.05. The maximum atomic E-state index is 9.41. The summed E-state index contributed by atoms with van der Waals surface area (Å²) in [5.74, 6) is 0. The molecular weight excluding hydrogens is 210 g/mol. The summed E-state index contributed by atoms with van der Waals surface area (Å²) >= 11 is 1.55. The molecule has 0 radical (unpaired) electrons. The molecule has 15 heavy (non-hydrogen) atoms. The highest BCUT2D eigenvalue weighted by Gasteiger charge is 2.28. The number of hydrogen-bond acceptors (Lipinski definition) is 4. The number of aliphatic hydroxyl groups excluding tert-OH is 1. The molecular formula is C11H19NO2S. The van der Waals surface area contributed by atoms with Gasteiger partial charge in [-0.1, -0.05) is 6.92 Å². The Balaban J connectivity index is 2.92. The number of aromatic nitrogens is 1. The van der Waals surface area contributed by atoms with Crippen LogP contribution in [0.1, 0.15) is 50.9 Å². The van der Waals surface area contributed by atoms with Crippen LogP contribution in [0.15, 0.2) is 5.38 Å². The SMILES string of the molecule is CCOC(C)(CC)c1nc(C(C)O)cs1. The van der Waals surface area contributed by atoms with Gasteiger partial charge in [-0.25, -0.2) is 4.98 Å². The van der Waals surface area contributed by atoms with E-state index in [-0.39, 0.29) is 5.60 Å². The zero-order valence-electron chi connectivity index (χ0n) is 9.78. The molecule has 0 aromatic carbocycles. The normalized spacial score (nSPS) is 17.4. The molecule has 0 amide bonds. The zero-order valence-corrected chi connectivity index (χ0v) is 10.6. The third-order valence-corrected chi connectivity index (χ3v) is 3.65. The van der Waals surface area contributed by atoms with Gasteiger partial charge in [0, 0.05) is 12.0 Å². The first kappa shape index (κ1) is 12.6. The van der Waals surface area contributed by atoms with E-state index in [4.69, 9.17) is 4.74 Å². The van der Waals surface area contributed by atoms with Crippen molar-refractivity contribution in [3.63, 3.8) is 0 Å². The van der Waals surface area contributed by atoms with Crippen LogP contribution >= 0.6 is 11.3 Å². The first-order chi connectivity index (χ1) is 7.03. The summed E-state index contributed by atoms with van der Waals surface area (Å²) in [5.41, 5.74) is 0.418. The lowest BCUT2D eigenvalue weighted by Crippen LogP contribution is -2.24. The van der Waals surface area contributed by atoms with Gasteiger partial charge >= 0.3 is 0 Å². The molecule has 0 fully saturated rings. The van der Waals surface area contributed by atoms with Crippen LogP contribution in [0.25, 0.3) is 0 Å². The minimum Gasteiger partial charge on any atom is -0.387 e. The third kappa shape index (κ3) is 2.77. The van der Waals surface area contributed by atoms with Crippen LogP contribution in [0.4, 0.5) is 0 Å². The van der Waals surface area contributed by atoms with E-state index >= 15 is 0 Å². The number of nitrogens with zero attached hydrogens (tertiary/aromatic N) is 1. The highest BCUT2D eigenvalue weighted by molar-refractivity contribution is 7.09. The number of aliphatic hydroxyl groups is 1. The molecule has 1 aromatic rings. The van der Waals surface area contributed by atoms with E-state index in [1.54, 1.807) is 18.3 Å². The Morgan fingerprint density at radius 3 is 2.67 bits per heavy atom. The fourth-order valence-corrected chi connectivity index (χ4v) is 2.45. The van der Waals surface area contributed by atoms with Crippen molar-refractivity contribution in [1.82, 2.24) is 4.98 Å². The number of hydrogen-bond donors (Lipinski definition) is 1. The number of rotatable bonds is 5. The van der Waals surface area contributed by atoms with Crippen LogP contribution in [0.5, 0.6) is 0 Å². The van der Waals surface area contributed by atoms with Gasteiger partial charge in [0.25, 0.3) is 0 Å². The van der Waals surface area contributed by atoms with Gasteiger partial charge in [0.05, 0.1) is 11.8 Å². The van der Waals surface area contributed by atoms with Gasteiger partial charge in [-0.15, -0.1) is 11.3 Å². The minimum atomic E-state index is -0.502. The summed E-state index contributed by atoms with van der Waals surface area (Å²) in [6.45, 7) is 8.51. The molecule has 1 N–H and O–H groups in total. The molecule has 0 saturated heterocycles. The Bertz CT molecular complexity index is 311. The second-order valence-electron chi connectivity index (χ2n) is 3.77. The lowest BCUT2D eigenvalue weighted by molar-refractivity contribution is -0.0326. The fraction of sp³-hybridized carbons (Fsp3) is 0.727. The number of ether oxygens (including phenoxy) is 1. The van der Waals surface area contributed by atoms with Crippen LogP contribution in [0.3, 0.4) is 0 Å². The predicted octanol–water partition coefficient (Wildman–Crippen LogP) is 2.86. The topological polar surface area (TPSA) is 42.4 Å². The lowest BCUT2D eigenvalue weighted by atomic mass is 10.0. The summed E-state index contributed by atoms with van der Waals surface area (Å²) < 4.78 is 5.72. The van der Waals surface area contributed by atoms with Crippen LogP contribution < -0.4 is 0 Å². The van der Waals surface area contributed by atoms with Gasteiger partial charge < -0.3 is 9.84 Å². The summed E-state index contributed by atoms with van der Waals surface area (Å²) in [6.07, 6.45) is 0.380. The van der Waals surface area contributed by atoms with Crippen LogP contribution in [0.2, 0.25) is 0 Å². The Hall–Kier alpha value is -0.450. The smallest absolute Gasteiger partial charge is 0.125 e. The Morgan fingerprint density at radius 1 is 1.60 bits per heavy atom. The average Bonchev–Trinajstić information content (AvgIpc) is 2.67. The summed E-state index contributed by atoms with van der Waals surface area (Å²) in [6, 6.07) is 0. The molecule has 1 aromatic heterocycles. The first-order valence-electron chi connectivity index (χ1n) is 5.31. The van der Waals surface area contributed by atoms with E-state index in [0.29, 0.717) is 6.61 Å². The van der Waals surface area contributed by atoms with E-state index < -0.39 is 6.10 Å². The van der Waals surface area contributed by atoms with E-state index in [1.165, 1.54) is 0 Å². The fourth-order valence-electron chi connectivity index (χ4n) is 1.35. The van der Waals surface area contributed by atoms with E-state index in [1.807, 2.05) is 19.2 Å². The molecule has 0 aliphatic heterocycles. The molecule has 0 spiro atoms. The molecule has 3 nitrogen and oxygen atoms in total. The van der Waals surface area contributed by atoms with Crippen molar-refractivity contribution in [2.24, 2.45) is 0 Å². The lowest BCUT2D eigenvalue weighted by Gasteiger charge is -2.25. The molecule has 86 valence electrons. The van der Waals surface area contributed by atoms with E-state index in [9.17, 15) is 5.11 Å². The van der Waals surface area contributed by atoms with Gasteiger partial charge in [-0.2, -0.15) is 0 Å². The molecule has 1 heterocycles. The molecule has 1 rings (SSSR count). The molecule has 2 unspecified atom stereocenters. The van der Waals surface area contributed by atoms with Crippen molar-refractivity contribution in [3.8, 4) is 0 Å². The van der Waals surface area contributed by atoms with Crippen molar-refractivity contribution in [3.05, 3.63) is 16.1 Å². The van der Waals surface area contributed by atoms with Crippen molar-refractivity contribution in [2.75, 3.05) is 6.61 Å². The van der Waals surface area contributed by atoms with Crippen LogP contribution in [0, 0.1) is 0 Å². The Labute approximate surface area is 95.1 Å². The van der Waals surface area contributed by atoms with Gasteiger partial charge in [0.2, 0.25) is 0 Å². The van der Waals surface area contributed by atoms with Gasteiger partial charge in [0.15, 0.2) is 0 Å². The quantitative estimate of drug-likeness (QED) is 0.844. The van der Waals surface area contributed by atoms with Crippen LogP contribution in [-0.4, -0.2) is 16.7 Å². The molecule has 4 heteroatoms. The highest BCUT2D eigenvalue weighted by atomic mass is 32.1. The molecule has 0 saturated carbocycles. The summed E-state index contributed by atoms with van der Waals surface area (Å²) in [4.78, 5) is 4.41. The standard InChI is InChI=1S/C11H19NO2S/c1-5-11(4,14-6-2)10-12-9(7-15-10)8(3)13/h7-8,13H,5-6H2,1-4H3. The van der Waals surface area contributed by atoms with Crippen LogP contribution in [-0.2, 0) is 10.3 Å². The van der Waals surface area contributed by atoms with Crippen molar-refractivity contribution in [2.45, 2.75) is 45.8 Å². The second-order valence-corrected chi connectivity index (χ2v) is 4.63. The third-order valence-electron chi connectivity index (χ3n) is 2.54. The molecule has 0 aliphatic carbocycles. The average molecular weight is 229 g/mol. The van der Waals surface area contributed by atoms with Crippen molar-refractivity contribution in [1.29, 1.82) is 0 Å². The van der Waals surface area contributed by atoms with Gasteiger partial charge in [-0.3, -0.25) is 0 Å². The van der Waals surface area contributed by atoms with Gasteiger partial charge in [-0.05, 0) is 27.2 Å². The Morgan fingerprint density at radius 2 is 2.27 bits per heavy atom. The van der Waals surface area contributed by atoms with Crippen molar-refractivity contribution < 1.29 is 9.84 Å². The maximum absolute atomic E-state index is 9.41. The Kier molecular flexibility index (Phi) is 4.25. The first-order valence-corrected chi connectivity index (χ1v) is 6.19. The predicted molar refractivity (Wildman–Crippen MR) is 62.0 cm³/mol. The van der Waals surface area contributed by atoms with Gasteiger partial charge in [0.1, 0.15) is 10.6 Å². The summed E-state index contributed by atoms with van der Waals surface area (Å²) in [7, 11) is 0. The number of thiazole rings is 1. The monoisotopic (exact) mass is 229 g/mol. The summed E-state index contributed by atoms with van der Waals surface area (Å²) in [5, 5.41) is 12.3. The molecule has 0 bridgehead atoms. The molecule has 0 aliphatic rings. The maximum Gasteiger partial charge on any atom is 0.125 e. The van der Waals surface area contributed by atoms with Crippen molar-refractivity contribution >= 4 is 11.3 Å². The van der Waals surface area contributed by atoms with E-state index in [2.05, 4.69) is 11.9 Å². The molecule has 2 atom stereocenters. The highest BCUT2D eigenvalue weighted by Crippen LogP contribution is 2.32. The largest absolute Gasteiger partial charge is 0.387 e. The van der Waals surface area contributed by atoms with E-state index in [0.717, 1.165) is 17.1 Å². The minimum absolute atomic E-state index is 0.313. The zero-order chi connectivity index (χ0) is 11.5.